The second kappa shape index (κ2) is 6.83. The normalized spacial score (nSPS) is 12.1. The molecule has 0 aliphatic rings. The van der Waals surface area contributed by atoms with E-state index < -0.39 is 0 Å². The lowest BCUT2D eigenvalue weighted by Crippen LogP contribution is -1.97. The first kappa shape index (κ1) is 15.7. The van der Waals surface area contributed by atoms with Crippen LogP contribution >= 0.6 is 43.5 Å². The predicted molar refractivity (Wildman–Crippen MR) is 89.1 cm³/mol. The van der Waals surface area contributed by atoms with Gasteiger partial charge in [-0.05, 0) is 41.5 Å². The molecule has 1 atom stereocenters. The van der Waals surface area contributed by atoms with Crippen LogP contribution < -0.4 is 9.47 Å². The van der Waals surface area contributed by atoms with Crippen molar-refractivity contribution in [3.63, 3.8) is 0 Å². The number of methoxy groups -OCH3 is 2. The van der Waals surface area contributed by atoms with Gasteiger partial charge in [0.15, 0.2) is 11.5 Å². The van der Waals surface area contributed by atoms with Gasteiger partial charge in [-0.25, -0.2) is 0 Å². The average molecular weight is 421 g/mol. The van der Waals surface area contributed by atoms with Gasteiger partial charge in [0.1, 0.15) is 0 Å². The molecule has 0 bridgehead atoms. The van der Waals surface area contributed by atoms with Crippen LogP contribution in [-0.4, -0.2) is 14.2 Å². The molecular weight excluding hydrogens is 407 g/mol. The highest BCUT2D eigenvalue weighted by Crippen LogP contribution is 2.38. The Morgan fingerprint density at radius 2 is 1.65 bits per heavy atom. The highest BCUT2D eigenvalue weighted by molar-refractivity contribution is 9.11. The van der Waals surface area contributed by atoms with E-state index in [2.05, 4.69) is 31.9 Å². The molecule has 0 heterocycles. The Morgan fingerprint density at radius 1 is 0.950 bits per heavy atom. The summed E-state index contributed by atoms with van der Waals surface area (Å²) in [4.78, 5) is 0. The zero-order valence-corrected chi connectivity index (χ0v) is 14.9. The van der Waals surface area contributed by atoms with Gasteiger partial charge in [-0.2, -0.15) is 0 Å². The van der Waals surface area contributed by atoms with Gasteiger partial charge in [-0.1, -0.05) is 37.9 Å². The molecule has 0 fully saturated rings. The first-order valence-corrected chi connectivity index (χ1v) is 7.90. The monoisotopic (exact) mass is 418 g/mol. The number of alkyl halides is 1. The summed E-state index contributed by atoms with van der Waals surface area (Å²) in [6, 6.07) is 11.6. The van der Waals surface area contributed by atoms with E-state index in [9.17, 15) is 0 Å². The number of benzene rings is 2. The summed E-state index contributed by atoms with van der Waals surface area (Å²) in [5, 5.41) is -0.276. The third-order valence-corrected chi connectivity index (χ3v) is 4.63. The van der Waals surface area contributed by atoms with Crippen LogP contribution in [0.15, 0.2) is 45.3 Å². The second-order valence-electron chi connectivity index (χ2n) is 4.14. The highest BCUT2D eigenvalue weighted by atomic mass is 79.9. The van der Waals surface area contributed by atoms with Gasteiger partial charge in [0, 0.05) is 8.95 Å². The van der Waals surface area contributed by atoms with Crippen LogP contribution in [0.3, 0.4) is 0 Å². The van der Waals surface area contributed by atoms with E-state index in [1.165, 1.54) is 0 Å². The van der Waals surface area contributed by atoms with Gasteiger partial charge in [0.2, 0.25) is 0 Å². The first-order valence-electron chi connectivity index (χ1n) is 5.87. The van der Waals surface area contributed by atoms with Crippen molar-refractivity contribution in [3.05, 3.63) is 56.5 Å². The Kier molecular flexibility index (Phi) is 5.35. The minimum Gasteiger partial charge on any atom is -0.493 e. The van der Waals surface area contributed by atoms with Crippen LogP contribution in [0, 0.1) is 0 Å². The molecular formula is C15H13Br2ClO2. The van der Waals surface area contributed by atoms with Gasteiger partial charge in [-0.3, -0.25) is 0 Å². The van der Waals surface area contributed by atoms with E-state index in [1.54, 1.807) is 14.2 Å². The van der Waals surface area contributed by atoms with Crippen LogP contribution in [0.1, 0.15) is 16.5 Å². The minimum absolute atomic E-state index is 0.276. The quantitative estimate of drug-likeness (QED) is 0.603. The molecule has 2 aromatic rings. The Morgan fingerprint density at radius 3 is 2.30 bits per heavy atom. The summed E-state index contributed by atoms with van der Waals surface area (Å²) in [6.07, 6.45) is 0. The lowest BCUT2D eigenvalue weighted by atomic mass is 10.0. The Labute approximate surface area is 140 Å². The van der Waals surface area contributed by atoms with Crippen molar-refractivity contribution in [1.29, 1.82) is 0 Å². The highest BCUT2D eigenvalue weighted by Gasteiger charge is 2.16. The first-order chi connectivity index (χ1) is 9.56. The number of hydrogen-bond acceptors (Lipinski definition) is 2. The van der Waals surface area contributed by atoms with Crippen LogP contribution in [0.5, 0.6) is 11.5 Å². The summed E-state index contributed by atoms with van der Waals surface area (Å²) in [7, 11) is 3.22. The summed E-state index contributed by atoms with van der Waals surface area (Å²) in [5.74, 6) is 1.36. The maximum Gasteiger partial charge on any atom is 0.161 e. The van der Waals surface area contributed by atoms with E-state index in [0.717, 1.165) is 20.1 Å². The van der Waals surface area contributed by atoms with Crippen molar-refractivity contribution in [2.24, 2.45) is 0 Å². The Hall–Kier alpha value is -0.710. The van der Waals surface area contributed by atoms with E-state index in [-0.39, 0.29) is 5.38 Å². The lowest BCUT2D eigenvalue weighted by molar-refractivity contribution is 0.354. The molecule has 0 aliphatic heterocycles. The lowest BCUT2D eigenvalue weighted by Gasteiger charge is -2.15. The van der Waals surface area contributed by atoms with Crippen LogP contribution in [-0.2, 0) is 0 Å². The zero-order valence-electron chi connectivity index (χ0n) is 11.0. The molecule has 0 N–H and O–H groups in total. The Balaban J connectivity index is 2.42. The summed E-state index contributed by atoms with van der Waals surface area (Å²) >= 11 is 13.6. The van der Waals surface area contributed by atoms with Crippen molar-refractivity contribution in [1.82, 2.24) is 0 Å². The van der Waals surface area contributed by atoms with Gasteiger partial charge >= 0.3 is 0 Å². The molecule has 0 radical (unpaired) electrons. The molecule has 1 unspecified atom stereocenters. The fourth-order valence-corrected chi connectivity index (χ4v) is 3.20. The molecule has 2 nitrogen and oxygen atoms in total. The molecule has 0 saturated heterocycles. The maximum absolute atomic E-state index is 6.59. The van der Waals surface area contributed by atoms with Crippen molar-refractivity contribution in [2.75, 3.05) is 14.2 Å². The van der Waals surface area contributed by atoms with Crippen molar-refractivity contribution in [2.45, 2.75) is 5.38 Å². The van der Waals surface area contributed by atoms with Gasteiger partial charge in [-0.15, -0.1) is 11.6 Å². The van der Waals surface area contributed by atoms with E-state index in [1.807, 2.05) is 36.4 Å². The van der Waals surface area contributed by atoms with Gasteiger partial charge in [0.05, 0.1) is 19.6 Å². The predicted octanol–water partition coefficient (Wildman–Crippen LogP) is 5.56. The molecule has 0 aliphatic carbocycles. The largest absolute Gasteiger partial charge is 0.493 e. The zero-order chi connectivity index (χ0) is 14.7. The Bertz CT molecular complexity index is 617. The van der Waals surface area contributed by atoms with E-state index >= 15 is 0 Å². The third kappa shape index (κ3) is 3.30. The fourth-order valence-electron chi connectivity index (χ4n) is 1.90. The molecule has 0 amide bonds. The SMILES string of the molecule is COc1ccc(C(Cl)c2cc(Br)ccc2Br)cc1OC. The summed E-state index contributed by atoms with van der Waals surface area (Å²) in [5.41, 5.74) is 1.94. The number of ether oxygens (including phenoxy) is 2. The number of rotatable bonds is 4. The standard InChI is InChI=1S/C15H13Br2ClO2/c1-19-13-6-3-9(7-14(13)20-2)15(18)11-8-10(16)4-5-12(11)17/h3-8,15H,1-2H3. The molecule has 5 heteroatoms. The van der Waals surface area contributed by atoms with Gasteiger partial charge in [0.25, 0.3) is 0 Å². The smallest absolute Gasteiger partial charge is 0.161 e. The van der Waals surface area contributed by atoms with Crippen LogP contribution in [0.2, 0.25) is 0 Å². The molecule has 106 valence electrons. The molecule has 0 saturated carbocycles. The van der Waals surface area contributed by atoms with Gasteiger partial charge < -0.3 is 9.47 Å². The summed E-state index contributed by atoms with van der Waals surface area (Å²) < 4.78 is 12.5. The molecule has 2 rings (SSSR count). The second-order valence-corrected chi connectivity index (χ2v) is 6.35. The molecule has 0 aromatic heterocycles. The molecule has 2 aromatic carbocycles. The fraction of sp³-hybridized carbons (Fsp3) is 0.200. The van der Waals surface area contributed by atoms with E-state index in [4.69, 9.17) is 21.1 Å². The minimum atomic E-state index is -0.276. The molecule has 20 heavy (non-hydrogen) atoms. The third-order valence-electron chi connectivity index (χ3n) is 2.93. The average Bonchev–Trinajstić information content (AvgIpc) is 2.48. The van der Waals surface area contributed by atoms with Crippen molar-refractivity contribution >= 4 is 43.5 Å². The topological polar surface area (TPSA) is 18.5 Å². The number of halogens is 3. The van der Waals surface area contributed by atoms with Crippen LogP contribution in [0.25, 0.3) is 0 Å². The van der Waals surface area contributed by atoms with Crippen LogP contribution in [0.4, 0.5) is 0 Å². The van der Waals surface area contributed by atoms with Crippen molar-refractivity contribution in [3.8, 4) is 11.5 Å². The molecule has 0 spiro atoms. The maximum atomic E-state index is 6.59. The van der Waals surface area contributed by atoms with E-state index in [0.29, 0.717) is 11.5 Å². The summed E-state index contributed by atoms with van der Waals surface area (Å²) in [6.45, 7) is 0. The van der Waals surface area contributed by atoms with Crippen molar-refractivity contribution < 1.29 is 9.47 Å². The number of hydrogen-bond donors (Lipinski definition) is 0.